The van der Waals surface area contributed by atoms with Crippen molar-refractivity contribution in [1.29, 1.82) is 0 Å². The highest BCUT2D eigenvalue weighted by Gasteiger charge is 2.21. The van der Waals surface area contributed by atoms with Gasteiger partial charge in [0.15, 0.2) is 5.96 Å². The molecule has 0 fully saturated rings. The Morgan fingerprint density at radius 3 is 2.81 bits per heavy atom. The van der Waals surface area contributed by atoms with Crippen LogP contribution in [0, 0.1) is 0 Å². The number of benzene rings is 1. The van der Waals surface area contributed by atoms with Gasteiger partial charge in [0.25, 0.3) is 0 Å². The van der Waals surface area contributed by atoms with Gasteiger partial charge >= 0.3 is 0 Å². The van der Waals surface area contributed by atoms with Gasteiger partial charge in [0.05, 0.1) is 13.7 Å². The minimum Gasteiger partial charge on any atom is -0.496 e. The number of hydrogen-bond acceptors (Lipinski definition) is 4. The number of nitrogens with one attached hydrogen (secondary N) is 2. The SMILES string of the molecule is CCNC(=NCc1cc2c(cc1OC)CC(C)O2)NCCCOCC.I. The molecule has 0 saturated carbocycles. The molecule has 1 atom stereocenters. The van der Waals surface area contributed by atoms with E-state index in [0.29, 0.717) is 6.54 Å². The molecule has 148 valence electrons. The Bertz CT molecular complexity index is 581. The molecule has 1 aromatic carbocycles. The summed E-state index contributed by atoms with van der Waals surface area (Å²) in [6, 6.07) is 4.13. The zero-order valence-electron chi connectivity index (χ0n) is 16.3. The van der Waals surface area contributed by atoms with Gasteiger partial charge in [-0.05, 0) is 39.3 Å². The molecule has 7 heteroatoms. The Kier molecular flexibility index (Phi) is 10.7. The molecule has 1 heterocycles. The first-order valence-electron chi connectivity index (χ1n) is 9.14. The van der Waals surface area contributed by atoms with Crippen molar-refractivity contribution in [1.82, 2.24) is 10.6 Å². The van der Waals surface area contributed by atoms with Gasteiger partial charge in [-0.1, -0.05) is 0 Å². The van der Waals surface area contributed by atoms with E-state index in [2.05, 4.69) is 41.6 Å². The quantitative estimate of drug-likeness (QED) is 0.248. The molecule has 2 N–H and O–H groups in total. The maximum absolute atomic E-state index is 5.85. The van der Waals surface area contributed by atoms with Crippen LogP contribution in [0.3, 0.4) is 0 Å². The van der Waals surface area contributed by atoms with Crippen LogP contribution in [0.25, 0.3) is 0 Å². The molecular weight excluding hydrogens is 445 g/mol. The van der Waals surface area contributed by atoms with Gasteiger partial charge in [-0.2, -0.15) is 0 Å². The van der Waals surface area contributed by atoms with E-state index in [0.717, 1.165) is 62.2 Å². The number of hydrogen-bond donors (Lipinski definition) is 2. The van der Waals surface area contributed by atoms with Crippen LogP contribution in [0.15, 0.2) is 17.1 Å². The Morgan fingerprint density at radius 1 is 1.31 bits per heavy atom. The van der Waals surface area contributed by atoms with E-state index in [4.69, 9.17) is 14.2 Å². The number of fused-ring (bicyclic) bond motifs is 1. The number of ether oxygens (including phenoxy) is 3. The Balaban J connectivity index is 0.00000338. The lowest BCUT2D eigenvalue weighted by atomic mass is 10.1. The predicted molar refractivity (Wildman–Crippen MR) is 116 cm³/mol. The third-order valence-corrected chi connectivity index (χ3v) is 4.01. The number of rotatable bonds is 9. The zero-order valence-corrected chi connectivity index (χ0v) is 18.6. The molecule has 6 nitrogen and oxygen atoms in total. The van der Waals surface area contributed by atoms with E-state index in [-0.39, 0.29) is 30.1 Å². The molecule has 0 radical (unpaired) electrons. The average Bonchev–Trinajstić information content (AvgIpc) is 2.97. The lowest BCUT2D eigenvalue weighted by Crippen LogP contribution is -2.38. The van der Waals surface area contributed by atoms with Crippen LogP contribution >= 0.6 is 24.0 Å². The lowest BCUT2D eigenvalue weighted by molar-refractivity contribution is 0.145. The second kappa shape index (κ2) is 12.2. The van der Waals surface area contributed by atoms with E-state index in [1.807, 2.05) is 6.92 Å². The first kappa shape index (κ1) is 22.8. The monoisotopic (exact) mass is 477 g/mol. The van der Waals surface area contributed by atoms with Gasteiger partial charge in [0, 0.05) is 43.9 Å². The highest BCUT2D eigenvalue weighted by atomic mass is 127. The topological polar surface area (TPSA) is 64.1 Å². The minimum atomic E-state index is 0. The predicted octanol–water partition coefficient (Wildman–Crippen LogP) is 3.12. The van der Waals surface area contributed by atoms with Crippen LogP contribution < -0.4 is 20.1 Å². The smallest absolute Gasteiger partial charge is 0.191 e. The van der Waals surface area contributed by atoms with Crippen LogP contribution in [0.2, 0.25) is 0 Å². The highest BCUT2D eigenvalue weighted by molar-refractivity contribution is 14.0. The molecule has 0 spiro atoms. The summed E-state index contributed by atoms with van der Waals surface area (Å²) in [5, 5.41) is 6.60. The van der Waals surface area contributed by atoms with Crippen molar-refractivity contribution in [3.05, 3.63) is 23.3 Å². The molecule has 0 aliphatic carbocycles. The van der Waals surface area contributed by atoms with Crippen molar-refractivity contribution in [3.63, 3.8) is 0 Å². The van der Waals surface area contributed by atoms with E-state index in [1.165, 1.54) is 5.56 Å². The molecule has 0 bridgehead atoms. The van der Waals surface area contributed by atoms with Crippen LogP contribution in [0.1, 0.15) is 38.3 Å². The molecule has 1 aliphatic heterocycles. The molecule has 1 aliphatic rings. The standard InChI is InChI=1S/C19H31N3O3.HI/c1-5-20-19(21-8-7-9-24-6-2)22-13-16-12-18-15(10-14(3)25-18)11-17(16)23-4;/h11-12,14H,5-10,13H2,1-4H3,(H2,20,21,22);1H. The fraction of sp³-hybridized carbons (Fsp3) is 0.632. The molecule has 26 heavy (non-hydrogen) atoms. The van der Waals surface area contributed by atoms with Crippen molar-refractivity contribution in [2.45, 2.75) is 46.3 Å². The third-order valence-electron chi connectivity index (χ3n) is 4.01. The molecule has 0 amide bonds. The second-order valence-electron chi connectivity index (χ2n) is 6.08. The fourth-order valence-electron chi connectivity index (χ4n) is 2.83. The number of aliphatic imine (C=N–C) groups is 1. The number of nitrogens with zero attached hydrogens (tertiary/aromatic N) is 1. The van der Waals surface area contributed by atoms with E-state index < -0.39 is 0 Å². The van der Waals surface area contributed by atoms with E-state index in [1.54, 1.807) is 7.11 Å². The summed E-state index contributed by atoms with van der Waals surface area (Å²) in [4.78, 5) is 4.67. The minimum absolute atomic E-state index is 0. The second-order valence-corrected chi connectivity index (χ2v) is 6.08. The van der Waals surface area contributed by atoms with Gasteiger partial charge in [0.2, 0.25) is 0 Å². The Labute approximate surface area is 174 Å². The molecule has 1 unspecified atom stereocenters. The van der Waals surface area contributed by atoms with Crippen LogP contribution in [-0.4, -0.2) is 45.5 Å². The number of methoxy groups -OCH3 is 1. The highest BCUT2D eigenvalue weighted by Crippen LogP contribution is 2.35. The van der Waals surface area contributed by atoms with Gasteiger partial charge in [-0.15, -0.1) is 24.0 Å². The number of guanidine groups is 1. The maximum atomic E-state index is 5.85. The molecular formula is C19H32IN3O3. The van der Waals surface area contributed by atoms with Gasteiger partial charge in [-0.3, -0.25) is 0 Å². The molecule has 0 saturated heterocycles. The average molecular weight is 477 g/mol. The Hall–Kier alpha value is -1.22. The fourth-order valence-corrected chi connectivity index (χ4v) is 2.83. The van der Waals surface area contributed by atoms with Crippen molar-refractivity contribution >= 4 is 29.9 Å². The summed E-state index contributed by atoms with van der Waals surface area (Å²) < 4.78 is 16.8. The largest absolute Gasteiger partial charge is 0.496 e. The van der Waals surface area contributed by atoms with Crippen molar-refractivity contribution in [3.8, 4) is 11.5 Å². The van der Waals surface area contributed by atoms with Crippen LogP contribution in [0.5, 0.6) is 11.5 Å². The summed E-state index contributed by atoms with van der Waals surface area (Å²) in [5.41, 5.74) is 2.24. The summed E-state index contributed by atoms with van der Waals surface area (Å²) in [6.07, 6.45) is 2.11. The van der Waals surface area contributed by atoms with Crippen LogP contribution in [-0.2, 0) is 17.7 Å². The molecule has 1 aromatic rings. The summed E-state index contributed by atoms with van der Waals surface area (Å²) in [5.74, 6) is 2.62. The summed E-state index contributed by atoms with van der Waals surface area (Å²) >= 11 is 0. The first-order chi connectivity index (χ1) is 12.2. The van der Waals surface area contributed by atoms with Gasteiger partial charge < -0.3 is 24.8 Å². The first-order valence-corrected chi connectivity index (χ1v) is 9.14. The lowest BCUT2D eigenvalue weighted by Gasteiger charge is -2.13. The summed E-state index contributed by atoms with van der Waals surface area (Å²) in [6.45, 7) is 9.85. The van der Waals surface area contributed by atoms with Crippen molar-refractivity contribution in [2.24, 2.45) is 4.99 Å². The van der Waals surface area contributed by atoms with E-state index >= 15 is 0 Å². The van der Waals surface area contributed by atoms with Gasteiger partial charge in [-0.25, -0.2) is 4.99 Å². The van der Waals surface area contributed by atoms with E-state index in [9.17, 15) is 0 Å². The van der Waals surface area contributed by atoms with Crippen LogP contribution in [0.4, 0.5) is 0 Å². The molecule has 0 aromatic heterocycles. The van der Waals surface area contributed by atoms with Crippen molar-refractivity contribution in [2.75, 3.05) is 33.4 Å². The number of halogens is 1. The summed E-state index contributed by atoms with van der Waals surface area (Å²) in [7, 11) is 1.70. The zero-order chi connectivity index (χ0) is 18.1. The van der Waals surface area contributed by atoms with Crippen molar-refractivity contribution < 1.29 is 14.2 Å². The molecule has 2 rings (SSSR count). The normalized spacial score (nSPS) is 15.7. The van der Waals surface area contributed by atoms with Gasteiger partial charge in [0.1, 0.15) is 17.6 Å². The third kappa shape index (κ3) is 6.83. The maximum Gasteiger partial charge on any atom is 0.191 e. The Morgan fingerprint density at radius 2 is 2.12 bits per heavy atom.